The van der Waals surface area contributed by atoms with Gasteiger partial charge >= 0.3 is 0 Å². The summed E-state index contributed by atoms with van der Waals surface area (Å²) in [5.74, 6) is 0. The smallest absolute Gasteiger partial charge is 0.211 e. The van der Waals surface area contributed by atoms with E-state index in [1.807, 2.05) is 30.7 Å². The summed E-state index contributed by atoms with van der Waals surface area (Å²) in [4.78, 5) is 0.858. The first-order chi connectivity index (χ1) is 7.83. The van der Waals surface area contributed by atoms with Crippen molar-refractivity contribution in [2.24, 2.45) is 17.3 Å². The molecule has 0 unspecified atom stereocenters. The van der Waals surface area contributed by atoms with Crippen LogP contribution >= 0.6 is 11.3 Å². The highest BCUT2D eigenvalue weighted by Gasteiger charge is 1.99. The van der Waals surface area contributed by atoms with Crippen molar-refractivity contribution >= 4 is 28.0 Å². The normalized spacial score (nSPS) is 12.8. The van der Waals surface area contributed by atoms with E-state index in [2.05, 4.69) is 22.3 Å². The molecule has 0 aliphatic carbocycles. The van der Waals surface area contributed by atoms with Gasteiger partial charge in [-0.05, 0) is 19.1 Å². The van der Waals surface area contributed by atoms with Gasteiger partial charge in [-0.3, -0.25) is 0 Å². The third-order valence-corrected chi connectivity index (χ3v) is 3.25. The highest BCUT2D eigenvalue weighted by molar-refractivity contribution is 7.16. The molecule has 84 valence electrons. The van der Waals surface area contributed by atoms with Gasteiger partial charge in [0, 0.05) is 7.05 Å². The van der Waals surface area contributed by atoms with Crippen molar-refractivity contribution in [3.8, 4) is 0 Å². The first-order valence-corrected chi connectivity index (χ1v) is 5.86. The summed E-state index contributed by atoms with van der Waals surface area (Å²) in [7, 11) is 1.98. The molecule has 1 aromatic carbocycles. The Morgan fingerprint density at radius 1 is 1.44 bits per heavy atom. The standard InChI is InChI=1S/C11H13N3OS/c1-3-15-8-12-13-11-14(2)9-6-4-5-7-10(9)16-11/h4-8H,3H2,1-2H3. The van der Waals surface area contributed by atoms with Crippen molar-refractivity contribution in [1.29, 1.82) is 0 Å². The number of fused-ring (bicyclic) bond motifs is 1. The summed E-state index contributed by atoms with van der Waals surface area (Å²) in [6, 6.07) is 8.18. The zero-order valence-corrected chi connectivity index (χ0v) is 10.1. The third-order valence-electron chi connectivity index (χ3n) is 2.15. The SMILES string of the molecule is CCOC=NN=c1sc2ccccc2n1C. The molecule has 0 spiro atoms. The van der Waals surface area contributed by atoms with Crippen molar-refractivity contribution < 1.29 is 4.74 Å². The van der Waals surface area contributed by atoms with Crippen LogP contribution in [0.4, 0.5) is 0 Å². The second-order valence-electron chi connectivity index (χ2n) is 3.19. The molecule has 1 aromatic heterocycles. The molecule has 0 saturated carbocycles. The predicted molar refractivity (Wildman–Crippen MR) is 66.5 cm³/mol. The molecule has 2 rings (SSSR count). The van der Waals surface area contributed by atoms with Crippen LogP contribution in [0.2, 0.25) is 0 Å². The van der Waals surface area contributed by atoms with E-state index in [4.69, 9.17) is 4.74 Å². The molecule has 0 fully saturated rings. The van der Waals surface area contributed by atoms with Crippen LogP contribution in [0.25, 0.3) is 10.2 Å². The number of para-hydroxylation sites is 1. The minimum absolute atomic E-state index is 0.609. The largest absolute Gasteiger partial charge is 0.482 e. The number of benzene rings is 1. The van der Waals surface area contributed by atoms with Crippen molar-refractivity contribution in [2.45, 2.75) is 6.92 Å². The maximum Gasteiger partial charge on any atom is 0.211 e. The number of hydrogen-bond donors (Lipinski definition) is 0. The Morgan fingerprint density at radius 2 is 2.25 bits per heavy atom. The monoisotopic (exact) mass is 235 g/mol. The van der Waals surface area contributed by atoms with Gasteiger partial charge in [0.25, 0.3) is 0 Å². The molecule has 1 heterocycles. The van der Waals surface area contributed by atoms with E-state index in [1.165, 1.54) is 11.1 Å². The minimum atomic E-state index is 0.609. The van der Waals surface area contributed by atoms with Crippen LogP contribution in [-0.2, 0) is 11.8 Å². The lowest BCUT2D eigenvalue weighted by Crippen LogP contribution is -2.08. The van der Waals surface area contributed by atoms with Crippen LogP contribution < -0.4 is 4.80 Å². The average Bonchev–Trinajstić information content (AvgIpc) is 2.63. The first kappa shape index (κ1) is 10.9. The van der Waals surface area contributed by atoms with Gasteiger partial charge in [0.15, 0.2) is 6.40 Å². The van der Waals surface area contributed by atoms with E-state index >= 15 is 0 Å². The van der Waals surface area contributed by atoms with E-state index in [0.29, 0.717) is 6.61 Å². The van der Waals surface area contributed by atoms with Gasteiger partial charge in [-0.1, -0.05) is 23.5 Å². The number of hydrogen-bond acceptors (Lipinski definition) is 4. The summed E-state index contributed by atoms with van der Waals surface area (Å²) in [6.07, 6.45) is 1.37. The fourth-order valence-corrected chi connectivity index (χ4v) is 2.33. The van der Waals surface area contributed by atoms with Gasteiger partial charge in [0.05, 0.1) is 16.8 Å². The Kier molecular flexibility index (Phi) is 3.36. The molecule has 0 aliphatic rings. The second-order valence-corrected chi connectivity index (χ2v) is 4.20. The number of aryl methyl sites for hydroxylation is 1. The summed E-state index contributed by atoms with van der Waals surface area (Å²) in [5, 5.41) is 7.96. The molecule has 0 saturated heterocycles. The van der Waals surface area contributed by atoms with Gasteiger partial charge in [-0.25, -0.2) is 0 Å². The van der Waals surface area contributed by atoms with Crippen LogP contribution in [0.3, 0.4) is 0 Å². The Labute approximate surface area is 97.5 Å². The maximum absolute atomic E-state index is 4.98. The molecule has 0 N–H and O–H groups in total. The van der Waals surface area contributed by atoms with Crippen molar-refractivity contribution in [1.82, 2.24) is 4.57 Å². The molecule has 0 aliphatic heterocycles. The van der Waals surface area contributed by atoms with Crippen molar-refractivity contribution in [3.05, 3.63) is 29.1 Å². The molecule has 5 heteroatoms. The quantitative estimate of drug-likeness (QED) is 0.456. The van der Waals surface area contributed by atoms with Crippen LogP contribution in [0.15, 0.2) is 34.5 Å². The molecule has 0 bridgehead atoms. The summed E-state index contributed by atoms with van der Waals surface area (Å²) < 4.78 is 8.20. The fraction of sp³-hybridized carbons (Fsp3) is 0.273. The molecule has 0 atom stereocenters. The van der Waals surface area contributed by atoms with Gasteiger partial charge in [-0.15, -0.1) is 10.2 Å². The van der Waals surface area contributed by atoms with Crippen molar-refractivity contribution in [2.75, 3.05) is 6.61 Å². The lowest BCUT2D eigenvalue weighted by Gasteiger charge is -1.92. The zero-order valence-electron chi connectivity index (χ0n) is 9.25. The minimum Gasteiger partial charge on any atom is -0.482 e. The van der Waals surface area contributed by atoms with Crippen LogP contribution in [-0.4, -0.2) is 17.6 Å². The van der Waals surface area contributed by atoms with E-state index in [1.54, 1.807) is 11.3 Å². The molecule has 16 heavy (non-hydrogen) atoms. The number of rotatable bonds is 3. The Bertz CT molecular complexity index is 568. The van der Waals surface area contributed by atoms with E-state index < -0.39 is 0 Å². The lowest BCUT2D eigenvalue weighted by molar-refractivity contribution is 0.342. The van der Waals surface area contributed by atoms with Gasteiger partial charge in [0.2, 0.25) is 4.80 Å². The van der Waals surface area contributed by atoms with E-state index in [9.17, 15) is 0 Å². The zero-order chi connectivity index (χ0) is 11.4. The Balaban J connectivity index is 2.41. The van der Waals surface area contributed by atoms with Gasteiger partial charge in [-0.2, -0.15) is 0 Å². The first-order valence-electron chi connectivity index (χ1n) is 5.04. The Hall–Kier alpha value is -1.62. The predicted octanol–water partition coefficient (Wildman–Crippen LogP) is 2.12. The molecular weight excluding hydrogens is 222 g/mol. The van der Waals surface area contributed by atoms with E-state index in [-0.39, 0.29) is 0 Å². The van der Waals surface area contributed by atoms with Gasteiger partial charge < -0.3 is 9.30 Å². The van der Waals surface area contributed by atoms with Crippen molar-refractivity contribution in [3.63, 3.8) is 0 Å². The second kappa shape index (κ2) is 4.94. The topological polar surface area (TPSA) is 38.9 Å². The molecular formula is C11H13N3OS. The number of ether oxygens (including phenoxy) is 1. The summed E-state index contributed by atoms with van der Waals surface area (Å²) >= 11 is 1.61. The molecule has 0 radical (unpaired) electrons. The van der Waals surface area contributed by atoms with Crippen LogP contribution in [0.1, 0.15) is 6.92 Å². The average molecular weight is 235 g/mol. The summed E-state index contributed by atoms with van der Waals surface area (Å²) in [5.41, 5.74) is 1.16. The molecule has 4 nitrogen and oxygen atoms in total. The lowest BCUT2D eigenvalue weighted by atomic mass is 10.3. The van der Waals surface area contributed by atoms with Crippen LogP contribution in [0.5, 0.6) is 0 Å². The number of aromatic nitrogens is 1. The number of thiazole rings is 1. The van der Waals surface area contributed by atoms with Gasteiger partial charge in [0.1, 0.15) is 0 Å². The highest BCUT2D eigenvalue weighted by Crippen LogP contribution is 2.14. The van der Waals surface area contributed by atoms with Crippen LogP contribution in [0, 0.1) is 0 Å². The maximum atomic E-state index is 4.98. The third kappa shape index (κ3) is 2.14. The summed E-state index contributed by atoms with van der Waals surface area (Å²) in [6.45, 7) is 2.52. The molecule has 2 aromatic rings. The highest BCUT2D eigenvalue weighted by atomic mass is 32.1. The fourth-order valence-electron chi connectivity index (χ4n) is 1.36. The molecule has 0 amide bonds. The number of nitrogens with zero attached hydrogens (tertiary/aromatic N) is 3. The van der Waals surface area contributed by atoms with E-state index in [0.717, 1.165) is 10.3 Å². The Morgan fingerprint density at radius 3 is 3.00 bits per heavy atom.